The minimum atomic E-state index is -0.251. The normalized spacial score (nSPS) is 11.4. The number of nitrogens with zero attached hydrogens (tertiary/aromatic N) is 1. The molecule has 0 heterocycles. The summed E-state index contributed by atoms with van der Waals surface area (Å²) >= 11 is 0. The van der Waals surface area contributed by atoms with E-state index in [0.29, 0.717) is 18.7 Å². The molecule has 0 unspecified atom stereocenters. The van der Waals surface area contributed by atoms with Crippen LogP contribution in [0.15, 0.2) is 53.5 Å². The van der Waals surface area contributed by atoms with Crippen LogP contribution in [0.25, 0.3) is 0 Å². The molecule has 0 amide bonds. The first-order chi connectivity index (χ1) is 11.7. The molecule has 0 aliphatic heterocycles. The number of halogens is 1. The van der Waals surface area contributed by atoms with Gasteiger partial charge >= 0.3 is 0 Å². The maximum absolute atomic E-state index is 13.6. The van der Waals surface area contributed by atoms with Crippen molar-refractivity contribution in [1.82, 2.24) is 10.6 Å². The zero-order valence-electron chi connectivity index (χ0n) is 14.2. The fourth-order valence-electron chi connectivity index (χ4n) is 2.29. The first kappa shape index (κ1) is 17.9. The van der Waals surface area contributed by atoms with Crippen molar-refractivity contribution in [3.8, 4) is 0 Å². The van der Waals surface area contributed by atoms with Crippen molar-refractivity contribution < 1.29 is 9.13 Å². The van der Waals surface area contributed by atoms with Crippen LogP contribution >= 0.6 is 0 Å². The predicted octanol–water partition coefficient (Wildman–Crippen LogP) is 3.23. The number of guanidine groups is 1. The van der Waals surface area contributed by atoms with Gasteiger partial charge in [-0.3, -0.25) is 0 Å². The highest BCUT2D eigenvalue weighted by molar-refractivity contribution is 5.79. The zero-order chi connectivity index (χ0) is 17.2. The summed E-state index contributed by atoms with van der Waals surface area (Å²) in [7, 11) is 1.56. The lowest BCUT2D eigenvalue weighted by Gasteiger charge is -2.11. The van der Waals surface area contributed by atoms with E-state index in [1.165, 1.54) is 11.6 Å². The Hall–Kier alpha value is -2.40. The Morgan fingerprint density at radius 1 is 1.08 bits per heavy atom. The van der Waals surface area contributed by atoms with Crippen LogP contribution in [0, 0.1) is 5.82 Å². The van der Waals surface area contributed by atoms with E-state index in [4.69, 9.17) is 4.74 Å². The average Bonchev–Trinajstić information content (AvgIpc) is 2.61. The Bertz CT molecular complexity index is 659. The van der Waals surface area contributed by atoms with Gasteiger partial charge in [0, 0.05) is 25.8 Å². The molecular weight excluding hydrogens is 305 g/mol. The standard InChI is InChI=1S/C19H24FN3O/c1-3-21-19(22-12-15-7-5-4-6-8-15)23-13-16-9-10-18(20)17(11-16)14-24-2/h4-11H,3,12-14H2,1-2H3,(H2,21,22,23). The van der Waals surface area contributed by atoms with Gasteiger partial charge in [-0.15, -0.1) is 0 Å². The second-order valence-electron chi connectivity index (χ2n) is 5.39. The van der Waals surface area contributed by atoms with E-state index in [1.54, 1.807) is 19.2 Å². The Balaban J connectivity index is 2.01. The monoisotopic (exact) mass is 329 g/mol. The molecular formula is C19H24FN3O. The minimum Gasteiger partial charge on any atom is -0.380 e. The summed E-state index contributed by atoms with van der Waals surface area (Å²) in [6.07, 6.45) is 0. The van der Waals surface area contributed by atoms with E-state index in [1.807, 2.05) is 25.1 Å². The summed E-state index contributed by atoms with van der Waals surface area (Å²) in [6.45, 7) is 4.23. The highest BCUT2D eigenvalue weighted by Gasteiger charge is 2.04. The summed E-state index contributed by atoms with van der Waals surface area (Å²) in [4.78, 5) is 4.56. The number of ether oxygens (including phenoxy) is 1. The largest absolute Gasteiger partial charge is 0.380 e. The number of aliphatic imine (C=N–C) groups is 1. The molecule has 0 atom stereocenters. The van der Waals surface area contributed by atoms with Gasteiger partial charge < -0.3 is 15.4 Å². The lowest BCUT2D eigenvalue weighted by molar-refractivity contribution is 0.181. The first-order valence-corrected chi connectivity index (χ1v) is 8.05. The SMILES string of the molecule is CCNC(=NCc1ccc(F)c(COC)c1)NCc1ccccc1. The molecule has 2 aromatic rings. The number of hydrogen-bond acceptors (Lipinski definition) is 2. The highest BCUT2D eigenvalue weighted by atomic mass is 19.1. The number of rotatable bonds is 7. The molecule has 0 aliphatic rings. The van der Waals surface area contributed by atoms with Crippen LogP contribution in [0.3, 0.4) is 0 Å². The number of nitrogens with one attached hydrogen (secondary N) is 2. The molecule has 0 radical (unpaired) electrons. The maximum atomic E-state index is 13.6. The van der Waals surface area contributed by atoms with E-state index in [0.717, 1.165) is 18.1 Å². The molecule has 2 N–H and O–H groups in total. The molecule has 0 aromatic heterocycles. The Kier molecular flexibility index (Phi) is 7.23. The molecule has 128 valence electrons. The van der Waals surface area contributed by atoms with Crippen LogP contribution in [-0.4, -0.2) is 19.6 Å². The van der Waals surface area contributed by atoms with Gasteiger partial charge in [-0.05, 0) is 30.2 Å². The third-order valence-corrected chi connectivity index (χ3v) is 3.48. The van der Waals surface area contributed by atoms with Crippen LogP contribution in [0.2, 0.25) is 0 Å². The molecule has 0 saturated carbocycles. The summed E-state index contributed by atoms with van der Waals surface area (Å²) in [6, 6.07) is 15.1. The van der Waals surface area contributed by atoms with Crippen molar-refractivity contribution in [3.05, 3.63) is 71.0 Å². The fourth-order valence-corrected chi connectivity index (χ4v) is 2.29. The third kappa shape index (κ3) is 5.66. The second kappa shape index (κ2) is 9.67. The minimum absolute atomic E-state index is 0.251. The number of hydrogen-bond donors (Lipinski definition) is 2. The van der Waals surface area contributed by atoms with Crippen molar-refractivity contribution >= 4 is 5.96 Å². The predicted molar refractivity (Wildman–Crippen MR) is 95.2 cm³/mol. The van der Waals surface area contributed by atoms with Crippen molar-refractivity contribution in [2.45, 2.75) is 26.6 Å². The molecule has 0 spiro atoms. The highest BCUT2D eigenvalue weighted by Crippen LogP contribution is 2.12. The van der Waals surface area contributed by atoms with Crippen molar-refractivity contribution in [1.29, 1.82) is 0 Å². The van der Waals surface area contributed by atoms with Gasteiger partial charge in [0.05, 0.1) is 13.2 Å². The molecule has 0 aliphatic carbocycles. The fraction of sp³-hybridized carbons (Fsp3) is 0.316. The first-order valence-electron chi connectivity index (χ1n) is 8.05. The summed E-state index contributed by atoms with van der Waals surface area (Å²) in [5.41, 5.74) is 2.68. The van der Waals surface area contributed by atoms with Crippen LogP contribution < -0.4 is 10.6 Å². The molecule has 24 heavy (non-hydrogen) atoms. The van der Waals surface area contributed by atoms with E-state index in [-0.39, 0.29) is 12.4 Å². The lowest BCUT2D eigenvalue weighted by Crippen LogP contribution is -2.36. The molecule has 2 rings (SSSR count). The molecule has 0 fully saturated rings. The van der Waals surface area contributed by atoms with Crippen molar-refractivity contribution in [3.63, 3.8) is 0 Å². The quantitative estimate of drug-likeness (QED) is 0.605. The molecule has 0 bridgehead atoms. The van der Waals surface area contributed by atoms with Crippen molar-refractivity contribution in [2.24, 2.45) is 4.99 Å². The number of benzene rings is 2. The second-order valence-corrected chi connectivity index (χ2v) is 5.39. The van der Waals surface area contributed by atoms with E-state index in [9.17, 15) is 4.39 Å². The van der Waals surface area contributed by atoms with Crippen LogP contribution in [0.4, 0.5) is 4.39 Å². The van der Waals surface area contributed by atoms with E-state index < -0.39 is 0 Å². The summed E-state index contributed by atoms with van der Waals surface area (Å²) < 4.78 is 18.7. The Labute approximate surface area is 142 Å². The van der Waals surface area contributed by atoms with Gasteiger partial charge in [0.15, 0.2) is 5.96 Å². The van der Waals surface area contributed by atoms with Gasteiger partial charge in [-0.25, -0.2) is 9.38 Å². The third-order valence-electron chi connectivity index (χ3n) is 3.48. The molecule has 0 saturated heterocycles. The van der Waals surface area contributed by atoms with Crippen molar-refractivity contribution in [2.75, 3.05) is 13.7 Å². The topological polar surface area (TPSA) is 45.7 Å². The van der Waals surface area contributed by atoms with Gasteiger partial charge in [0.25, 0.3) is 0 Å². The van der Waals surface area contributed by atoms with Crippen LogP contribution in [0.5, 0.6) is 0 Å². The lowest BCUT2D eigenvalue weighted by atomic mass is 10.1. The molecule has 4 nitrogen and oxygen atoms in total. The Morgan fingerprint density at radius 2 is 1.88 bits per heavy atom. The summed E-state index contributed by atoms with van der Waals surface area (Å²) in [5.74, 6) is 0.484. The van der Waals surface area contributed by atoms with E-state index in [2.05, 4.69) is 27.8 Å². The smallest absolute Gasteiger partial charge is 0.191 e. The van der Waals surface area contributed by atoms with Gasteiger partial charge in [0.2, 0.25) is 0 Å². The number of methoxy groups -OCH3 is 1. The Morgan fingerprint density at radius 3 is 2.58 bits per heavy atom. The molecule has 2 aromatic carbocycles. The zero-order valence-corrected chi connectivity index (χ0v) is 14.2. The van der Waals surface area contributed by atoms with Crippen LogP contribution in [-0.2, 0) is 24.4 Å². The van der Waals surface area contributed by atoms with Gasteiger partial charge in [-0.2, -0.15) is 0 Å². The molecule has 5 heteroatoms. The maximum Gasteiger partial charge on any atom is 0.191 e. The summed E-state index contributed by atoms with van der Waals surface area (Å²) in [5, 5.41) is 6.51. The van der Waals surface area contributed by atoms with Gasteiger partial charge in [0.1, 0.15) is 5.82 Å². The van der Waals surface area contributed by atoms with Crippen LogP contribution in [0.1, 0.15) is 23.6 Å². The van der Waals surface area contributed by atoms with Gasteiger partial charge in [-0.1, -0.05) is 36.4 Å². The van der Waals surface area contributed by atoms with E-state index >= 15 is 0 Å². The average molecular weight is 329 g/mol.